The van der Waals surface area contributed by atoms with E-state index in [4.69, 9.17) is 10.2 Å². The highest BCUT2D eigenvalue weighted by molar-refractivity contribution is 5.77. The molecule has 90 valence electrons. The number of benzene rings is 1. The van der Waals surface area contributed by atoms with Gasteiger partial charge in [-0.25, -0.2) is 4.39 Å². The van der Waals surface area contributed by atoms with Crippen LogP contribution in [0.25, 0.3) is 11.0 Å². The fourth-order valence-electron chi connectivity index (χ4n) is 2.55. The summed E-state index contributed by atoms with van der Waals surface area (Å²) in [7, 11) is 0. The molecule has 0 radical (unpaired) electrons. The molecule has 0 unspecified atom stereocenters. The van der Waals surface area contributed by atoms with Crippen molar-refractivity contribution in [1.82, 2.24) is 0 Å². The van der Waals surface area contributed by atoms with Crippen LogP contribution >= 0.6 is 0 Å². The predicted octanol–water partition coefficient (Wildman–Crippen LogP) is 3.50. The SMILES string of the molecule is NC1CCC(F)(c2cc3ccccc3o2)CC1. The molecule has 0 aliphatic heterocycles. The van der Waals surface area contributed by atoms with Crippen LogP contribution in [0.15, 0.2) is 34.7 Å². The van der Waals surface area contributed by atoms with Gasteiger partial charge in [0.05, 0.1) is 0 Å². The first-order valence-electron chi connectivity index (χ1n) is 6.11. The van der Waals surface area contributed by atoms with Gasteiger partial charge in [-0.05, 0) is 37.8 Å². The number of fused-ring (bicyclic) bond motifs is 1. The summed E-state index contributed by atoms with van der Waals surface area (Å²) in [5.41, 5.74) is 5.25. The Kier molecular flexibility index (Phi) is 2.44. The highest BCUT2D eigenvalue weighted by Crippen LogP contribution is 2.42. The quantitative estimate of drug-likeness (QED) is 0.818. The Labute approximate surface area is 99.6 Å². The van der Waals surface area contributed by atoms with Crippen LogP contribution in [-0.2, 0) is 5.67 Å². The second-order valence-corrected chi connectivity index (χ2v) is 4.95. The van der Waals surface area contributed by atoms with Crippen LogP contribution in [0.1, 0.15) is 31.4 Å². The monoisotopic (exact) mass is 233 g/mol. The van der Waals surface area contributed by atoms with Crippen molar-refractivity contribution in [1.29, 1.82) is 0 Å². The minimum atomic E-state index is -1.32. The molecule has 1 fully saturated rings. The zero-order valence-electron chi connectivity index (χ0n) is 9.66. The molecule has 1 aliphatic rings. The van der Waals surface area contributed by atoms with Crippen molar-refractivity contribution in [3.63, 3.8) is 0 Å². The zero-order valence-corrected chi connectivity index (χ0v) is 9.66. The van der Waals surface area contributed by atoms with Gasteiger partial charge in [0.1, 0.15) is 11.3 Å². The largest absolute Gasteiger partial charge is 0.458 e. The number of rotatable bonds is 1. The van der Waals surface area contributed by atoms with Gasteiger partial charge in [0.2, 0.25) is 0 Å². The molecule has 3 rings (SSSR count). The van der Waals surface area contributed by atoms with Crippen LogP contribution in [0.4, 0.5) is 4.39 Å². The Balaban J connectivity index is 1.97. The summed E-state index contributed by atoms with van der Waals surface area (Å²) >= 11 is 0. The molecule has 17 heavy (non-hydrogen) atoms. The molecular formula is C14H16FNO. The summed E-state index contributed by atoms with van der Waals surface area (Å²) in [6.45, 7) is 0. The Morgan fingerprint density at radius 2 is 1.94 bits per heavy atom. The molecular weight excluding hydrogens is 217 g/mol. The Morgan fingerprint density at radius 3 is 2.65 bits per heavy atom. The number of halogens is 1. The number of hydrogen-bond donors (Lipinski definition) is 1. The van der Waals surface area contributed by atoms with E-state index in [0.29, 0.717) is 18.6 Å². The molecule has 1 saturated carbocycles. The van der Waals surface area contributed by atoms with Gasteiger partial charge in [-0.15, -0.1) is 0 Å². The maximum absolute atomic E-state index is 14.8. The lowest BCUT2D eigenvalue weighted by Crippen LogP contribution is -2.33. The summed E-state index contributed by atoms with van der Waals surface area (Å²) in [5, 5.41) is 0.967. The fourth-order valence-corrected chi connectivity index (χ4v) is 2.55. The first-order chi connectivity index (χ1) is 8.17. The number of hydrogen-bond acceptors (Lipinski definition) is 2. The lowest BCUT2D eigenvalue weighted by Gasteiger charge is -2.30. The minimum absolute atomic E-state index is 0.142. The van der Waals surface area contributed by atoms with E-state index in [-0.39, 0.29) is 6.04 Å². The number of para-hydroxylation sites is 1. The van der Waals surface area contributed by atoms with E-state index in [1.807, 2.05) is 30.3 Å². The first-order valence-corrected chi connectivity index (χ1v) is 6.11. The van der Waals surface area contributed by atoms with Crippen molar-refractivity contribution < 1.29 is 8.81 Å². The van der Waals surface area contributed by atoms with E-state index in [1.54, 1.807) is 0 Å². The third kappa shape index (κ3) is 1.84. The van der Waals surface area contributed by atoms with Crippen LogP contribution in [0.2, 0.25) is 0 Å². The standard InChI is InChI=1S/C14H16FNO/c15-14(7-5-11(16)6-8-14)13-9-10-3-1-2-4-12(10)17-13/h1-4,9,11H,5-8,16H2. The molecule has 1 aromatic carbocycles. The second-order valence-electron chi connectivity index (χ2n) is 4.95. The molecule has 0 atom stereocenters. The molecule has 1 heterocycles. The Bertz CT molecular complexity index is 493. The molecule has 0 saturated heterocycles. The van der Waals surface area contributed by atoms with Gasteiger partial charge >= 0.3 is 0 Å². The molecule has 1 aromatic heterocycles. The first kappa shape index (κ1) is 10.8. The van der Waals surface area contributed by atoms with E-state index < -0.39 is 5.67 Å². The Hall–Kier alpha value is -1.35. The molecule has 0 spiro atoms. The van der Waals surface area contributed by atoms with Crippen LogP contribution in [0.5, 0.6) is 0 Å². The van der Waals surface area contributed by atoms with Crippen LogP contribution in [-0.4, -0.2) is 6.04 Å². The molecule has 0 bridgehead atoms. The molecule has 0 amide bonds. The van der Waals surface area contributed by atoms with Gasteiger partial charge in [0, 0.05) is 11.4 Å². The second kappa shape index (κ2) is 3.84. The lowest BCUT2D eigenvalue weighted by atomic mass is 9.82. The summed E-state index contributed by atoms with van der Waals surface area (Å²) in [6.07, 6.45) is 2.39. The Morgan fingerprint density at radius 1 is 1.24 bits per heavy atom. The van der Waals surface area contributed by atoms with E-state index in [9.17, 15) is 4.39 Å². The molecule has 3 heteroatoms. The normalized spacial score (nSPS) is 29.6. The van der Waals surface area contributed by atoms with E-state index in [0.717, 1.165) is 23.8 Å². The van der Waals surface area contributed by atoms with E-state index in [2.05, 4.69) is 0 Å². The van der Waals surface area contributed by atoms with Crippen LogP contribution in [0, 0.1) is 0 Å². The smallest absolute Gasteiger partial charge is 0.168 e. The number of alkyl halides is 1. The van der Waals surface area contributed by atoms with E-state index in [1.165, 1.54) is 0 Å². The maximum Gasteiger partial charge on any atom is 0.168 e. The van der Waals surface area contributed by atoms with Crippen molar-refractivity contribution in [2.24, 2.45) is 5.73 Å². The van der Waals surface area contributed by atoms with Gasteiger partial charge in [-0.1, -0.05) is 18.2 Å². The van der Waals surface area contributed by atoms with Gasteiger partial charge in [-0.3, -0.25) is 0 Å². The van der Waals surface area contributed by atoms with Crippen molar-refractivity contribution in [3.8, 4) is 0 Å². The lowest BCUT2D eigenvalue weighted by molar-refractivity contribution is 0.0738. The van der Waals surface area contributed by atoms with Crippen molar-refractivity contribution in [2.45, 2.75) is 37.4 Å². The summed E-state index contributed by atoms with van der Waals surface area (Å²) in [5.74, 6) is 0.464. The maximum atomic E-state index is 14.8. The van der Waals surface area contributed by atoms with Crippen molar-refractivity contribution in [2.75, 3.05) is 0 Å². The van der Waals surface area contributed by atoms with Gasteiger partial charge < -0.3 is 10.2 Å². The zero-order chi connectivity index (χ0) is 11.9. The fraction of sp³-hybridized carbons (Fsp3) is 0.429. The summed E-state index contributed by atoms with van der Waals surface area (Å²) in [4.78, 5) is 0. The minimum Gasteiger partial charge on any atom is -0.458 e. The summed E-state index contributed by atoms with van der Waals surface area (Å²) in [6, 6.07) is 9.62. The molecule has 2 aromatic rings. The number of furan rings is 1. The van der Waals surface area contributed by atoms with Crippen LogP contribution < -0.4 is 5.73 Å². The van der Waals surface area contributed by atoms with Gasteiger partial charge in [-0.2, -0.15) is 0 Å². The van der Waals surface area contributed by atoms with E-state index >= 15 is 0 Å². The third-order valence-electron chi connectivity index (χ3n) is 3.69. The molecule has 1 aliphatic carbocycles. The van der Waals surface area contributed by atoms with Crippen molar-refractivity contribution >= 4 is 11.0 Å². The third-order valence-corrected chi connectivity index (χ3v) is 3.69. The molecule has 2 nitrogen and oxygen atoms in total. The number of nitrogens with two attached hydrogens (primary N) is 1. The highest BCUT2D eigenvalue weighted by Gasteiger charge is 2.38. The highest BCUT2D eigenvalue weighted by atomic mass is 19.1. The average Bonchev–Trinajstić information content (AvgIpc) is 2.77. The predicted molar refractivity (Wildman–Crippen MR) is 65.4 cm³/mol. The van der Waals surface area contributed by atoms with Crippen molar-refractivity contribution in [3.05, 3.63) is 36.1 Å². The van der Waals surface area contributed by atoms with Crippen LogP contribution in [0.3, 0.4) is 0 Å². The summed E-state index contributed by atoms with van der Waals surface area (Å²) < 4.78 is 20.4. The van der Waals surface area contributed by atoms with Gasteiger partial charge in [0.25, 0.3) is 0 Å². The topological polar surface area (TPSA) is 39.2 Å². The molecule has 2 N–H and O–H groups in total. The average molecular weight is 233 g/mol. The van der Waals surface area contributed by atoms with Gasteiger partial charge in [0.15, 0.2) is 5.67 Å².